The zero-order valence-electron chi connectivity index (χ0n) is 19.9. The predicted octanol–water partition coefficient (Wildman–Crippen LogP) is 4.26. The molecule has 0 bridgehead atoms. The van der Waals surface area contributed by atoms with E-state index in [1.807, 2.05) is 42.8 Å². The van der Waals surface area contributed by atoms with Crippen LogP contribution >= 0.6 is 0 Å². The Labute approximate surface area is 196 Å². The number of anilines is 1. The van der Waals surface area contributed by atoms with Crippen LogP contribution in [-0.4, -0.2) is 48.9 Å². The smallest absolute Gasteiger partial charge is 0.354 e. The maximum Gasteiger partial charge on any atom is 0.354 e. The van der Waals surface area contributed by atoms with Crippen molar-refractivity contribution in [2.24, 2.45) is 18.9 Å². The second kappa shape index (κ2) is 11.2. The molecule has 1 aliphatic heterocycles. The SMILES string of the molecule is CCOCCCOC(=O)c1cc2cc(NC(=O)[C@H]3NCC[C@H]3C3CCCCC3)ccc2n1C. The van der Waals surface area contributed by atoms with Gasteiger partial charge in [0.05, 0.1) is 12.6 Å². The summed E-state index contributed by atoms with van der Waals surface area (Å²) >= 11 is 0. The molecule has 7 heteroatoms. The third-order valence-electron chi connectivity index (χ3n) is 7.20. The topological polar surface area (TPSA) is 81.6 Å². The lowest BCUT2D eigenvalue weighted by atomic mass is 9.76. The highest BCUT2D eigenvalue weighted by Crippen LogP contribution is 2.36. The molecule has 7 nitrogen and oxygen atoms in total. The van der Waals surface area contributed by atoms with Gasteiger partial charge in [0.1, 0.15) is 5.69 Å². The summed E-state index contributed by atoms with van der Waals surface area (Å²) in [5.74, 6) is 0.784. The fourth-order valence-electron chi connectivity index (χ4n) is 5.47. The summed E-state index contributed by atoms with van der Waals surface area (Å²) in [4.78, 5) is 25.6. The third kappa shape index (κ3) is 5.58. The van der Waals surface area contributed by atoms with Crippen molar-refractivity contribution in [1.82, 2.24) is 9.88 Å². The van der Waals surface area contributed by atoms with Gasteiger partial charge >= 0.3 is 5.97 Å². The highest BCUT2D eigenvalue weighted by atomic mass is 16.5. The molecule has 1 amide bonds. The fraction of sp³-hybridized carbons (Fsp3) is 0.615. The monoisotopic (exact) mass is 455 g/mol. The molecule has 0 spiro atoms. The zero-order chi connectivity index (χ0) is 23.2. The minimum absolute atomic E-state index is 0.0484. The Hall–Kier alpha value is -2.38. The molecule has 1 saturated carbocycles. The van der Waals surface area contributed by atoms with Crippen molar-refractivity contribution in [2.45, 2.75) is 57.9 Å². The molecule has 1 aromatic heterocycles. The van der Waals surface area contributed by atoms with Gasteiger partial charge in [0.25, 0.3) is 0 Å². The number of esters is 1. The largest absolute Gasteiger partial charge is 0.461 e. The minimum Gasteiger partial charge on any atom is -0.461 e. The number of nitrogens with one attached hydrogen (secondary N) is 2. The van der Waals surface area contributed by atoms with E-state index in [0.29, 0.717) is 43.8 Å². The predicted molar refractivity (Wildman–Crippen MR) is 129 cm³/mol. The van der Waals surface area contributed by atoms with Crippen molar-refractivity contribution in [3.63, 3.8) is 0 Å². The molecule has 2 fully saturated rings. The minimum atomic E-state index is -0.346. The molecule has 33 heavy (non-hydrogen) atoms. The van der Waals surface area contributed by atoms with Gasteiger partial charge < -0.3 is 24.7 Å². The molecule has 2 atom stereocenters. The Bertz CT molecular complexity index is 964. The van der Waals surface area contributed by atoms with Gasteiger partial charge in [-0.05, 0) is 56.0 Å². The Morgan fingerprint density at radius 1 is 1.12 bits per heavy atom. The molecule has 4 rings (SSSR count). The van der Waals surface area contributed by atoms with Gasteiger partial charge in [-0.2, -0.15) is 0 Å². The van der Waals surface area contributed by atoms with E-state index in [9.17, 15) is 9.59 Å². The van der Waals surface area contributed by atoms with Gasteiger partial charge in [-0.1, -0.05) is 32.1 Å². The Morgan fingerprint density at radius 2 is 1.94 bits per heavy atom. The maximum atomic E-state index is 13.1. The van der Waals surface area contributed by atoms with Gasteiger partial charge in [0.2, 0.25) is 5.91 Å². The molecular formula is C26H37N3O4. The van der Waals surface area contributed by atoms with Crippen LogP contribution in [-0.2, 0) is 21.3 Å². The number of benzene rings is 1. The lowest BCUT2D eigenvalue weighted by Gasteiger charge is -2.30. The molecule has 2 N–H and O–H groups in total. The summed E-state index contributed by atoms with van der Waals surface area (Å²) in [6, 6.07) is 7.49. The second-order valence-electron chi connectivity index (χ2n) is 9.32. The van der Waals surface area contributed by atoms with E-state index in [1.165, 1.54) is 32.1 Å². The van der Waals surface area contributed by atoms with Crippen LogP contribution in [0.5, 0.6) is 0 Å². The molecule has 180 valence electrons. The van der Waals surface area contributed by atoms with Gasteiger partial charge in [0, 0.05) is 43.3 Å². The molecule has 2 aliphatic rings. The summed E-state index contributed by atoms with van der Waals surface area (Å²) in [5.41, 5.74) is 2.18. The van der Waals surface area contributed by atoms with E-state index < -0.39 is 0 Å². The second-order valence-corrected chi connectivity index (χ2v) is 9.32. The van der Waals surface area contributed by atoms with E-state index >= 15 is 0 Å². The van der Waals surface area contributed by atoms with Gasteiger partial charge in [-0.25, -0.2) is 4.79 Å². The Morgan fingerprint density at radius 3 is 2.73 bits per heavy atom. The van der Waals surface area contributed by atoms with Crippen molar-refractivity contribution in [2.75, 3.05) is 31.7 Å². The number of carbonyl (C=O) groups is 2. The highest BCUT2D eigenvalue weighted by Gasteiger charge is 2.38. The van der Waals surface area contributed by atoms with Crippen molar-refractivity contribution < 1.29 is 19.1 Å². The average Bonchev–Trinajstić information content (AvgIpc) is 3.44. The van der Waals surface area contributed by atoms with Crippen LogP contribution < -0.4 is 10.6 Å². The first-order valence-electron chi connectivity index (χ1n) is 12.5. The van der Waals surface area contributed by atoms with Crippen molar-refractivity contribution >= 4 is 28.5 Å². The van der Waals surface area contributed by atoms with Crippen LogP contribution in [0.4, 0.5) is 5.69 Å². The number of hydrogen-bond acceptors (Lipinski definition) is 5. The summed E-state index contributed by atoms with van der Waals surface area (Å²) in [6.07, 6.45) is 8.16. The van der Waals surface area contributed by atoms with E-state index in [1.54, 1.807) is 0 Å². The number of aryl methyl sites for hydroxylation is 1. The van der Waals surface area contributed by atoms with E-state index in [2.05, 4.69) is 10.6 Å². The average molecular weight is 456 g/mol. The summed E-state index contributed by atoms with van der Waals surface area (Å²) < 4.78 is 12.5. The summed E-state index contributed by atoms with van der Waals surface area (Å²) in [7, 11) is 1.86. The first-order valence-corrected chi connectivity index (χ1v) is 12.5. The Kier molecular flexibility index (Phi) is 8.04. The van der Waals surface area contributed by atoms with Crippen LogP contribution in [0.3, 0.4) is 0 Å². The van der Waals surface area contributed by atoms with Crippen molar-refractivity contribution in [3.8, 4) is 0 Å². The van der Waals surface area contributed by atoms with E-state index in [4.69, 9.17) is 9.47 Å². The molecule has 1 aliphatic carbocycles. The molecule has 2 aromatic rings. The first-order chi connectivity index (χ1) is 16.1. The molecule has 1 aromatic carbocycles. The Balaban J connectivity index is 1.40. The number of amides is 1. The lowest BCUT2D eigenvalue weighted by Crippen LogP contribution is -2.42. The first kappa shape index (κ1) is 23.8. The lowest BCUT2D eigenvalue weighted by molar-refractivity contribution is -0.119. The molecule has 2 heterocycles. The zero-order valence-corrected chi connectivity index (χ0v) is 19.9. The number of aromatic nitrogens is 1. The molecule has 1 saturated heterocycles. The maximum absolute atomic E-state index is 13.1. The van der Waals surface area contributed by atoms with Gasteiger partial charge in [-0.15, -0.1) is 0 Å². The molecular weight excluding hydrogens is 418 g/mol. The van der Waals surface area contributed by atoms with E-state index in [0.717, 1.165) is 29.6 Å². The number of rotatable bonds is 9. The van der Waals surface area contributed by atoms with Gasteiger partial charge in [-0.3, -0.25) is 4.79 Å². The molecule has 0 radical (unpaired) electrons. The van der Waals surface area contributed by atoms with Crippen molar-refractivity contribution in [1.29, 1.82) is 0 Å². The highest BCUT2D eigenvalue weighted by molar-refractivity contribution is 6.00. The number of fused-ring (bicyclic) bond motifs is 1. The number of carbonyl (C=O) groups excluding carboxylic acids is 2. The number of ether oxygens (including phenoxy) is 2. The molecule has 0 unspecified atom stereocenters. The van der Waals surface area contributed by atoms with Crippen LogP contribution in [0.25, 0.3) is 10.9 Å². The van der Waals surface area contributed by atoms with E-state index in [-0.39, 0.29) is 17.9 Å². The van der Waals surface area contributed by atoms with Crippen LogP contribution in [0, 0.1) is 11.8 Å². The normalized spacial score (nSPS) is 21.4. The standard InChI is InChI=1S/C26H37N3O4/c1-3-32-14-7-15-33-26(31)23-17-19-16-20(10-11-22(19)29(23)2)28-25(30)24-21(12-13-27-24)18-8-5-4-6-9-18/h10-11,16-18,21,24,27H,3-9,12-15H2,1-2H3,(H,28,30)/t21-,24-/m0/s1. The van der Waals surface area contributed by atoms with Crippen LogP contribution in [0.2, 0.25) is 0 Å². The quantitative estimate of drug-likeness (QED) is 0.436. The summed E-state index contributed by atoms with van der Waals surface area (Å²) in [5, 5.41) is 7.45. The number of hydrogen-bond donors (Lipinski definition) is 2. The van der Waals surface area contributed by atoms with Gasteiger partial charge in [0.15, 0.2) is 0 Å². The fourth-order valence-corrected chi connectivity index (χ4v) is 5.47. The summed E-state index contributed by atoms with van der Waals surface area (Å²) in [6.45, 7) is 4.43. The van der Waals surface area contributed by atoms with Crippen LogP contribution in [0.15, 0.2) is 24.3 Å². The third-order valence-corrected chi connectivity index (χ3v) is 7.20. The van der Waals surface area contributed by atoms with Crippen LogP contribution in [0.1, 0.15) is 62.4 Å². The number of nitrogens with zero attached hydrogens (tertiary/aromatic N) is 1. The van der Waals surface area contributed by atoms with Crippen molar-refractivity contribution in [3.05, 3.63) is 30.0 Å².